The van der Waals surface area contributed by atoms with Gasteiger partial charge in [0.1, 0.15) is 0 Å². The van der Waals surface area contributed by atoms with Crippen molar-refractivity contribution in [3.05, 3.63) is 12.2 Å². The van der Waals surface area contributed by atoms with Gasteiger partial charge in [0.15, 0.2) is 0 Å². The van der Waals surface area contributed by atoms with Gasteiger partial charge in [-0.3, -0.25) is 4.79 Å². The van der Waals surface area contributed by atoms with E-state index in [9.17, 15) is 4.79 Å². The number of unbranched alkanes of at least 4 members (excludes halogenated alkanes) is 17. The molecular formula is C31H61NO2. The van der Waals surface area contributed by atoms with Gasteiger partial charge >= 0.3 is 5.97 Å². The molecule has 0 radical (unpaired) electrons. The van der Waals surface area contributed by atoms with Crippen LogP contribution in [0.2, 0.25) is 0 Å². The van der Waals surface area contributed by atoms with E-state index in [1.165, 1.54) is 135 Å². The summed E-state index contributed by atoms with van der Waals surface area (Å²) in [5.41, 5.74) is 0. The first-order valence-electron chi connectivity index (χ1n) is 15.1. The normalized spacial score (nSPS) is 12.7. The first-order chi connectivity index (χ1) is 16.6. The van der Waals surface area contributed by atoms with E-state index in [0.717, 1.165) is 18.8 Å². The molecule has 0 fully saturated rings. The van der Waals surface area contributed by atoms with Crippen LogP contribution in [0.5, 0.6) is 0 Å². The molecule has 0 amide bonds. The molecule has 1 N–H and O–H groups in total. The molecule has 1 unspecified atom stereocenters. The van der Waals surface area contributed by atoms with Crippen LogP contribution in [-0.4, -0.2) is 36.6 Å². The Morgan fingerprint density at radius 2 is 1.06 bits per heavy atom. The van der Waals surface area contributed by atoms with E-state index in [4.69, 9.17) is 5.11 Å². The summed E-state index contributed by atoms with van der Waals surface area (Å²) in [6.45, 7) is 3.57. The molecule has 202 valence electrons. The molecule has 0 aliphatic heterocycles. The number of carboxylic acid groups (broad SMARTS) is 1. The van der Waals surface area contributed by atoms with E-state index in [0.29, 0.717) is 6.42 Å². The Balaban J connectivity index is 3.50. The van der Waals surface area contributed by atoms with Gasteiger partial charge in [0.05, 0.1) is 0 Å². The van der Waals surface area contributed by atoms with Gasteiger partial charge in [0.2, 0.25) is 0 Å². The molecule has 3 heteroatoms. The van der Waals surface area contributed by atoms with E-state index < -0.39 is 5.97 Å². The molecule has 0 aromatic rings. The van der Waals surface area contributed by atoms with E-state index in [1.807, 2.05) is 0 Å². The number of aliphatic carboxylic acids is 1. The lowest BCUT2D eigenvalue weighted by molar-refractivity contribution is -0.137. The summed E-state index contributed by atoms with van der Waals surface area (Å²) in [7, 11) is 4.47. The highest BCUT2D eigenvalue weighted by Crippen LogP contribution is 2.20. The first kappa shape index (κ1) is 33.2. The number of hydrogen-bond donors (Lipinski definition) is 1. The first-order valence-corrected chi connectivity index (χ1v) is 15.1. The molecule has 0 aromatic heterocycles. The van der Waals surface area contributed by atoms with Crippen molar-refractivity contribution in [2.45, 2.75) is 155 Å². The Kier molecular flexibility index (Phi) is 26.1. The van der Waals surface area contributed by atoms with Gasteiger partial charge in [-0.2, -0.15) is 0 Å². The fourth-order valence-corrected chi connectivity index (χ4v) is 4.94. The van der Waals surface area contributed by atoms with Crippen LogP contribution in [0.3, 0.4) is 0 Å². The lowest BCUT2D eigenvalue weighted by atomic mass is 9.93. The van der Waals surface area contributed by atoms with E-state index in [1.54, 1.807) is 0 Å². The Labute approximate surface area is 214 Å². The van der Waals surface area contributed by atoms with Crippen molar-refractivity contribution in [1.82, 2.24) is 4.90 Å². The van der Waals surface area contributed by atoms with Crippen LogP contribution in [0.4, 0.5) is 0 Å². The topological polar surface area (TPSA) is 40.5 Å². The maximum atomic E-state index is 10.5. The molecule has 0 bridgehead atoms. The fourth-order valence-electron chi connectivity index (χ4n) is 4.94. The Bertz CT molecular complexity index is 447. The zero-order chi connectivity index (χ0) is 25.1. The third-order valence-corrected chi connectivity index (χ3v) is 7.00. The predicted molar refractivity (Wildman–Crippen MR) is 151 cm³/mol. The number of hydrogen-bond acceptors (Lipinski definition) is 2. The summed E-state index contributed by atoms with van der Waals surface area (Å²) in [4.78, 5) is 12.9. The SMILES string of the molecule is CCCCCCCCCC(CCCCCCCC/C=C\CCCCCCCC(=O)O)CN(C)C. The lowest BCUT2D eigenvalue weighted by Gasteiger charge is -2.21. The lowest BCUT2D eigenvalue weighted by Crippen LogP contribution is -2.21. The molecular weight excluding hydrogens is 418 g/mol. The molecule has 1 atom stereocenters. The maximum absolute atomic E-state index is 10.5. The summed E-state index contributed by atoms with van der Waals surface area (Å²) < 4.78 is 0. The molecule has 0 aromatic carbocycles. The number of rotatable bonds is 27. The minimum Gasteiger partial charge on any atom is -0.481 e. The molecule has 0 spiro atoms. The van der Waals surface area contributed by atoms with Gasteiger partial charge < -0.3 is 10.0 Å². The molecule has 0 saturated carbocycles. The van der Waals surface area contributed by atoms with Crippen LogP contribution in [0.15, 0.2) is 12.2 Å². The van der Waals surface area contributed by atoms with Crippen molar-refractivity contribution in [2.24, 2.45) is 5.92 Å². The van der Waals surface area contributed by atoms with E-state index in [2.05, 4.69) is 38.1 Å². The minimum atomic E-state index is -0.661. The molecule has 3 nitrogen and oxygen atoms in total. The molecule has 0 saturated heterocycles. The smallest absolute Gasteiger partial charge is 0.303 e. The van der Waals surface area contributed by atoms with Gasteiger partial charge in [-0.25, -0.2) is 0 Å². The van der Waals surface area contributed by atoms with Crippen LogP contribution in [-0.2, 0) is 4.79 Å². The van der Waals surface area contributed by atoms with Crippen LogP contribution < -0.4 is 0 Å². The van der Waals surface area contributed by atoms with Crippen LogP contribution in [0.1, 0.15) is 155 Å². The quantitative estimate of drug-likeness (QED) is 0.0941. The minimum absolute atomic E-state index is 0.330. The van der Waals surface area contributed by atoms with Crippen molar-refractivity contribution < 1.29 is 9.90 Å². The molecule has 34 heavy (non-hydrogen) atoms. The third kappa shape index (κ3) is 27.4. The summed E-state index contributed by atoms with van der Waals surface area (Å²) in [5.74, 6) is 0.242. The highest BCUT2D eigenvalue weighted by Gasteiger charge is 2.09. The van der Waals surface area contributed by atoms with Crippen molar-refractivity contribution in [3.8, 4) is 0 Å². The Morgan fingerprint density at radius 3 is 1.50 bits per heavy atom. The zero-order valence-electron chi connectivity index (χ0n) is 23.5. The van der Waals surface area contributed by atoms with E-state index in [-0.39, 0.29) is 0 Å². The maximum Gasteiger partial charge on any atom is 0.303 e. The second-order valence-corrected chi connectivity index (χ2v) is 10.9. The second kappa shape index (κ2) is 26.8. The Morgan fingerprint density at radius 1 is 0.647 bits per heavy atom. The summed E-state index contributed by atoms with van der Waals surface area (Å²) in [6.07, 6.45) is 34.2. The summed E-state index contributed by atoms with van der Waals surface area (Å²) in [5, 5.41) is 8.62. The van der Waals surface area contributed by atoms with Crippen LogP contribution in [0.25, 0.3) is 0 Å². The van der Waals surface area contributed by atoms with E-state index >= 15 is 0 Å². The third-order valence-electron chi connectivity index (χ3n) is 7.00. The molecule has 0 heterocycles. The van der Waals surface area contributed by atoms with Crippen molar-refractivity contribution >= 4 is 5.97 Å². The monoisotopic (exact) mass is 479 g/mol. The van der Waals surface area contributed by atoms with Crippen molar-refractivity contribution in [2.75, 3.05) is 20.6 Å². The summed E-state index contributed by atoms with van der Waals surface area (Å²) >= 11 is 0. The van der Waals surface area contributed by atoms with Crippen LogP contribution >= 0.6 is 0 Å². The molecule has 0 aliphatic carbocycles. The second-order valence-electron chi connectivity index (χ2n) is 10.9. The predicted octanol–water partition coefficient (Wildman–Crippen LogP) is 9.80. The standard InChI is InChI=1S/C31H61NO2/c1-4-5-6-7-17-20-23-26-30(29-32(2)3)27-24-21-18-15-13-11-9-8-10-12-14-16-19-22-25-28-31(33)34/h8,10,30H,4-7,9,11-29H2,1-3H3,(H,33,34)/b10-8-. The largest absolute Gasteiger partial charge is 0.481 e. The van der Waals surface area contributed by atoms with Gasteiger partial charge in [0, 0.05) is 13.0 Å². The van der Waals surface area contributed by atoms with Gasteiger partial charge in [-0.05, 0) is 65.0 Å². The van der Waals surface area contributed by atoms with Gasteiger partial charge in [-0.1, -0.05) is 115 Å². The van der Waals surface area contributed by atoms with Gasteiger partial charge in [-0.15, -0.1) is 0 Å². The Hall–Kier alpha value is -0.830. The average molecular weight is 480 g/mol. The molecule has 0 rings (SSSR count). The highest BCUT2D eigenvalue weighted by molar-refractivity contribution is 5.66. The van der Waals surface area contributed by atoms with Gasteiger partial charge in [0.25, 0.3) is 0 Å². The summed E-state index contributed by atoms with van der Waals surface area (Å²) in [6, 6.07) is 0. The van der Waals surface area contributed by atoms with Crippen LogP contribution in [0, 0.1) is 5.92 Å². The molecule has 0 aliphatic rings. The zero-order valence-corrected chi connectivity index (χ0v) is 23.5. The number of nitrogens with zero attached hydrogens (tertiary/aromatic N) is 1. The highest BCUT2D eigenvalue weighted by atomic mass is 16.4. The van der Waals surface area contributed by atoms with Crippen molar-refractivity contribution in [1.29, 1.82) is 0 Å². The average Bonchev–Trinajstić information content (AvgIpc) is 2.79. The number of allylic oxidation sites excluding steroid dienone is 2. The number of carbonyl (C=O) groups is 1. The van der Waals surface area contributed by atoms with Crippen molar-refractivity contribution in [3.63, 3.8) is 0 Å². The fraction of sp³-hybridized carbons (Fsp3) is 0.903. The number of carboxylic acids is 1.